The Morgan fingerprint density at radius 1 is 1.42 bits per heavy atom. The Bertz CT molecular complexity index is 827. The van der Waals surface area contributed by atoms with Crippen molar-refractivity contribution in [3.63, 3.8) is 0 Å². The first-order chi connectivity index (χ1) is 11.7. The molecule has 8 heteroatoms. The third-order valence-corrected chi connectivity index (χ3v) is 4.63. The molecule has 0 saturated carbocycles. The average molecular weight is 327 g/mol. The lowest BCUT2D eigenvalue weighted by molar-refractivity contribution is 0.192. The lowest BCUT2D eigenvalue weighted by atomic mass is 10.0. The van der Waals surface area contributed by atoms with Gasteiger partial charge in [0.15, 0.2) is 5.82 Å². The van der Waals surface area contributed by atoms with E-state index in [1.165, 1.54) is 0 Å². The molecule has 126 valence electrons. The Morgan fingerprint density at radius 2 is 2.33 bits per heavy atom. The number of rotatable bonds is 4. The maximum atomic E-state index is 5.07. The molecule has 8 nitrogen and oxygen atoms in total. The topological polar surface area (TPSA) is 87.0 Å². The highest BCUT2D eigenvalue weighted by Crippen LogP contribution is 2.26. The number of aryl methyl sites for hydroxylation is 1. The van der Waals surface area contributed by atoms with E-state index in [9.17, 15) is 0 Å². The van der Waals surface area contributed by atoms with Crippen molar-refractivity contribution in [1.82, 2.24) is 30.0 Å². The second-order valence-electron chi connectivity index (χ2n) is 6.31. The number of piperidine rings is 1. The Kier molecular flexibility index (Phi) is 3.89. The molecule has 0 aromatic carbocycles. The molecular formula is C16H21N7O. The van der Waals surface area contributed by atoms with Gasteiger partial charge in [0, 0.05) is 32.8 Å². The maximum absolute atomic E-state index is 5.07. The van der Waals surface area contributed by atoms with E-state index in [-0.39, 0.29) is 0 Å². The zero-order valence-electron chi connectivity index (χ0n) is 13.9. The van der Waals surface area contributed by atoms with Crippen molar-refractivity contribution in [3.05, 3.63) is 30.3 Å². The van der Waals surface area contributed by atoms with Crippen molar-refractivity contribution in [1.29, 1.82) is 0 Å². The van der Waals surface area contributed by atoms with Gasteiger partial charge < -0.3 is 14.4 Å². The molecular weight excluding hydrogens is 306 g/mol. The molecule has 0 radical (unpaired) electrons. The van der Waals surface area contributed by atoms with Crippen LogP contribution in [0.25, 0.3) is 11.0 Å². The van der Waals surface area contributed by atoms with Gasteiger partial charge in [0.25, 0.3) is 0 Å². The molecule has 3 aromatic heterocycles. The summed E-state index contributed by atoms with van der Waals surface area (Å²) in [5.41, 5.74) is 0.877. The minimum Gasteiger partial charge on any atom is -0.355 e. The summed E-state index contributed by atoms with van der Waals surface area (Å²) in [5, 5.41) is 5.07. The van der Waals surface area contributed by atoms with Crippen molar-refractivity contribution in [3.8, 4) is 0 Å². The van der Waals surface area contributed by atoms with Crippen molar-refractivity contribution >= 4 is 16.9 Å². The van der Waals surface area contributed by atoms with Crippen LogP contribution in [0.2, 0.25) is 0 Å². The van der Waals surface area contributed by atoms with Crippen LogP contribution in [0.3, 0.4) is 0 Å². The lowest BCUT2D eigenvalue weighted by Gasteiger charge is -2.37. The predicted octanol–water partition coefficient (Wildman–Crippen LogP) is 1.75. The van der Waals surface area contributed by atoms with Crippen LogP contribution >= 0.6 is 0 Å². The van der Waals surface area contributed by atoms with E-state index in [2.05, 4.69) is 41.9 Å². The standard InChI is InChI=1S/C16H21N7O/c1-11-20-14(21-24-11)9-23-7-3-4-12(8-23)22(2)16-13-5-6-17-15(13)18-10-19-16/h5-6,10,12H,3-4,7-9H2,1-2H3,(H,17,18,19)/t12-/m1/s1. The first-order valence-corrected chi connectivity index (χ1v) is 8.23. The second-order valence-corrected chi connectivity index (χ2v) is 6.31. The van der Waals surface area contributed by atoms with Crippen LogP contribution in [-0.4, -0.2) is 56.2 Å². The van der Waals surface area contributed by atoms with Gasteiger partial charge in [-0.3, -0.25) is 4.90 Å². The quantitative estimate of drug-likeness (QED) is 0.781. The van der Waals surface area contributed by atoms with Crippen molar-refractivity contribution < 1.29 is 4.52 Å². The first-order valence-electron chi connectivity index (χ1n) is 8.23. The number of nitrogens with zero attached hydrogens (tertiary/aromatic N) is 6. The Hall–Kier alpha value is -2.48. The van der Waals surface area contributed by atoms with Gasteiger partial charge in [-0.15, -0.1) is 0 Å². The van der Waals surface area contributed by atoms with Crippen LogP contribution in [0.5, 0.6) is 0 Å². The van der Waals surface area contributed by atoms with Crippen LogP contribution in [0.4, 0.5) is 5.82 Å². The first kappa shape index (κ1) is 15.1. The van der Waals surface area contributed by atoms with Crippen LogP contribution in [0.15, 0.2) is 23.1 Å². The highest BCUT2D eigenvalue weighted by atomic mass is 16.5. The zero-order valence-corrected chi connectivity index (χ0v) is 13.9. The Labute approximate surface area is 139 Å². The van der Waals surface area contributed by atoms with E-state index >= 15 is 0 Å². The largest absolute Gasteiger partial charge is 0.355 e. The number of aromatic amines is 1. The molecule has 0 amide bonds. The summed E-state index contributed by atoms with van der Waals surface area (Å²) in [6.45, 7) is 4.56. The van der Waals surface area contributed by atoms with Gasteiger partial charge in [0.1, 0.15) is 17.8 Å². The molecule has 0 aliphatic carbocycles. The van der Waals surface area contributed by atoms with E-state index in [1.807, 2.05) is 19.2 Å². The molecule has 0 spiro atoms. The highest BCUT2D eigenvalue weighted by Gasteiger charge is 2.26. The van der Waals surface area contributed by atoms with Crippen molar-refractivity contribution in [2.24, 2.45) is 0 Å². The summed E-state index contributed by atoms with van der Waals surface area (Å²) < 4.78 is 5.07. The van der Waals surface area contributed by atoms with Crippen LogP contribution in [0.1, 0.15) is 24.6 Å². The molecule has 4 heterocycles. The monoisotopic (exact) mass is 327 g/mol. The summed E-state index contributed by atoms with van der Waals surface area (Å²) in [5.74, 6) is 2.35. The summed E-state index contributed by atoms with van der Waals surface area (Å²) in [6.07, 6.45) is 5.82. The molecule has 1 N–H and O–H groups in total. The van der Waals surface area contributed by atoms with Crippen molar-refractivity contribution in [2.45, 2.75) is 32.4 Å². The summed E-state index contributed by atoms with van der Waals surface area (Å²) in [7, 11) is 2.11. The fourth-order valence-electron chi connectivity index (χ4n) is 3.41. The number of H-pyrrole nitrogens is 1. The van der Waals surface area contributed by atoms with E-state index in [1.54, 1.807) is 6.33 Å². The molecule has 1 fully saturated rings. The van der Waals surface area contributed by atoms with E-state index < -0.39 is 0 Å². The van der Waals surface area contributed by atoms with Crippen LogP contribution in [-0.2, 0) is 6.54 Å². The van der Waals surface area contributed by atoms with Crippen LogP contribution < -0.4 is 4.90 Å². The van der Waals surface area contributed by atoms with E-state index in [0.29, 0.717) is 11.9 Å². The van der Waals surface area contributed by atoms with Crippen LogP contribution in [0, 0.1) is 6.92 Å². The molecule has 1 saturated heterocycles. The molecule has 1 aliphatic heterocycles. The molecule has 4 rings (SSSR count). The number of hydrogen-bond donors (Lipinski definition) is 1. The molecule has 3 aromatic rings. The normalized spacial score (nSPS) is 19.0. The van der Waals surface area contributed by atoms with Gasteiger partial charge in [0.2, 0.25) is 5.89 Å². The number of likely N-dealkylation sites (N-methyl/N-ethyl adjacent to an activating group) is 1. The van der Waals surface area contributed by atoms with Gasteiger partial charge in [-0.2, -0.15) is 4.98 Å². The minimum absolute atomic E-state index is 0.403. The molecule has 24 heavy (non-hydrogen) atoms. The summed E-state index contributed by atoms with van der Waals surface area (Å²) in [4.78, 5) is 20.9. The third kappa shape index (κ3) is 2.84. The van der Waals surface area contributed by atoms with Gasteiger partial charge in [0.05, 0.1) is 11.9 Å². The molecule has 0 unspecified atom stereocenters. The number of anilines is 1. The van der Waals surface area contributed by atoms with E-state index in [4.69, 9.17) is 4.52 Å². The van der Waals surface area contributed by atoms with E-state index in [0.717, 1.165) is 55.2 Å². The Morgan fingerprint density at radius 3 is 3.17 bits per heavy atom. The fraction of sp³-hybridized carbons (Fsp3) is 0.500. The molecule has 1 atom stereocenters. The zero-order chi connectivity index (χ0) is 16.5. The summed E-state index contributed by atoms with van der Waals surface area (Å²) in [6, 6.07) is 2.43. The fourth-order valence-corrected chi connectivity index (χ4v) is 3.41. The third-order valence-electron chi connectivity index (χ3n) is 4.63. The van der Waals surface area contributed by atoms with Gasteiger partial charge in [-0.1, -0.05) is 5.16 Å². The number of likely N-dealkylation sites (tertiary alicyclic amines) is 1. The SMILES string of the molecule is Cc1nc(CN2CCC[C@@H](N(C)c3ncnc4[nH]ccc34)C2)no1. The average Bonchev–Trinajstić information content (AvgIpc) is 3.23. The highest BCUT2D eigenvalue weighted by molar-refractivity contribution is 5.87. The van der Waals surface area contributed by atoms with Gasteiger partial charge >= 0.3 is 0 Å². The van der Waals surface area contributed by atoms with Gasteiger partial charge in [-0.25, -0.2) is 9.97 Å². The number of nitrogens with one attached hydrogen (secondary N) is 1. The maximum Gasteiger partial charge on any atom is 0.223 e. The summed E-state index contributed by atoms with van der Waals surface area (Å²) >= 11 is 0. The Balaban J connectivity index is 1.50. The number of hydrogen-bond acceptors (Lipinski definition) is 7. The second kappa shape index (κ2) is 6.20. The smallest absolute Gasteiger partial charge is 0.223 e. The molecule has 1 aliphatic rings. The minimum atomic E-state index is 0.403. The van der Waals surface area contributed by atoms with Gasteiger partial charge in [-0.05, 0) is 25.5 Å². The molecule has 0 bridgehead atoms. The lowest BCUT2D eigenvalue weighted by Crippen LogP contribution is -2.46. The number of aromatic nitrogens is 5. The number of fused-ring (bicyclic) bond motifs is 1. The van der Waals surface area contributed by atoms with Crippen molar-refractivity contribution in [2.75, 3.05) is 25.0 Å². The predicted molar refractivity (Wildman–Crippen MR) is 89.6 cm³/mol.